The maximum Gasteiger partial charge on any atom is 0.287 e. The first kappa shape index (κ1) is 13.9. The van der Waals surface area contributed by atoms with Crippen LogP contribution in [0.4, 0.5) is 5.69 Å². The third-order valence-electron chi connectivity index (χ3n) is 2.44. The highest BCUT2D eigenvalue weighted by atomic mass is 79.9. The van der Waals surface area contributed by atoms with Crippen molar-refractivity contribution in [2.45, 2.75) is 25.9 Å². The SMILES string of the molecule is CCC(C)(O)COc1cccc([N+](=O)[O-])c1Br. The summed E-state index contributed by atoms with van der Waals surface area (Å²) in [6, 6.07) is 4.54. The Morgan fingerprint density at radius 1 is 1.59 bits per heavy atom. The maximum atomic E-state index is 10.7. The van der Waals surface area contributed by atoms with Gasteiger partial charge in [-0.2, -0.15) is 0 Å². The summed E-state index contributed by atoms with van der Waals surface area (Å²) in [5.41, 5.74) is -0.997. The van der Waals surface area contributed by atoms with Gasteiger partial charge in [0.1, 0.15) is 16.8 Å². The van der Waals surface area contributed by atoms with Gasteiger partial charge >= 0.3 is 0 Å². The molecule has 1 aromatic rings. The van der Waals surface area contributed by atoms with E-state index < -0.39 is 10.5 Å². The van der Waals surface area contributed by atoms with Gasteiger partial charge in [0, 0.05) is 6.07 Å². The molecule has 0 aliphatic heterocycles. The second-order valence-corrected chi connectivity index (χ2v) is 4.78. The lowest BCUT2D eigenvalue weighted by molar-refractivity contribution is -0.385. The Balaban J connectivity index is 2.86. The standard InChI is InChI=1S/C11H14BrNO4/c1-3-11(2,14)7-17-9-6-4-5-8(10(9)12)13(15)16/h4-6,14H,3,7H2,1-2H3. The summed E-state index contributed by atoms with van der Waals surface area (Å²) in [5, 5.41) is 20.5. The van der Waals surface area contributed by atoms with E-state index in [1.54, 1.807) is 19.1 Å². The first-order valence-corrected chi connectivity index (χ1v) is 5.95. The first-order valence-electron chi connectivity index (χ1n) is 5.15. The van der Waals surface area contributed by atoms with E-state index in [0.717, 1.165) is 0 Å². The minimum Gasteiger partial charge on any atom is -0.489 e. The molecule has 0 heterocycles. The summed E-state index contributed by atoms with van der Waals surface area (Å²) < 4.78 is 5.67. The van der Waals surface area contributed by atoms with Gasteiger partial charge in [-0.1, -0.05) is 13.0 Å². The maximum absolute atomic E-state index is 10.7. The Bertz CT molecular complexity index is 420. The van der Waals surface area contributed by atoms with Gasteiger partial charge in [-0.25, -0.2) is 0 Å². The minimum absolute atomic E-state index is 0.0568. The van der Waals surface area contributed by atoms with Crippen LogP contribution in [0.25, 0.3) is 0 Å². The smallest absolute Gasteiger partial charge is 0.287 e. The number of rotatable bonds is 5. The van der Waals surface area contributed by atoms with Crippen molar-refractivity contribution in [3.63, 3.8) is 0 Å². The van der Waals surface area contributed by atoms with Crippen LogP contribution in [-0.2, 0) is 0 Å². The van der Waals surface area contributed by atoms with Crippen molar-refractivity contribution in [1.82, 2.24) is 0 Å². The summed E-state index contributed by atoms with van der Waals surface area (Å²) >= 11 is 3.12. The molecule has 1 aromatic carbocycles. The van der Waals surface area contributed by atoms with Crippen molar-refractivity contribution in [2.75, 3.05) is 6.61 Å². The summed E-state index contributed by atoms with van der Waals surface area (Å²) in [6.07, 6.45) is 0.541. The van der Waals surface area contributed by atoms with E-state index in [1.165, 1.54) is 6.07 Å². The predicted molar refractivity (Wildman–Crippen MR) is 67.2 cm³/mol. The van der Waals surface area contributed by atoms with Gasteiger partial charge in [0.05, 0.1) is 10.5 Å². The van der Waals surface area contributed by atoms with E-state index in [-0.39, 0.29) is 16.8 Å². The van der Waals surface area contributed by atoms with Crippen LogP contribution in [0.5, 0.6) is 5.75 Å². The quantitative estimate of drug-likeness (QED) is 0.670. The van der Waals surface area contributed by atoms with Gasteiger partial charge in [-0.3, -0.25) is 10.1 Å². The molecule has 1 atom stereocenters. The van der Waals surface area contributed by atoms with Crippen LogP contribution in [0.2, 0.25) is 0 Å². The van der Waals surface area contributed by atoms with E-state index in [0.29, 0.717) is 12.2 Å². The number of hydrogen-bond acceptors (Lipinski definition) is 4. The number of aliphatic hydroxyl groups is 1. The molecule has 0 saturated heterocycles. The largest absolute Gasteiger partial charge is 0.489 e. The molecule has 5 nitrogen and oxygen atoms in total. The molecule has 1 rings (SSSR count). The van der Waals surface area contributed by atoms with E-state index in [2.05, 4.69) is 15.9 Å². The topological polar surface area (TPSA) is 72.6 Å². The number of ether oxygens (including phenoxy) is 1. The molecule has 0 fully saturated rings. The van der Waals surface area contributed by atoms with Gasteiger partial charge in [0.25, 0.3) is 5.69 Å². The predicted octanol–water partition coefficient (Wildman–Crippen LogP) is 2.90. The van der Waals surface area contributed by atoms with E-state index >= 15 is 0 Å². The number of hydrogen-bond donors (Lipinski definition) is 1. The Labute approximate surface area is 108 Å². The number of benzene rings is 1. The number of halogens is 1. The van der Waals surface area contributed by atoms with Crippen molar-refractivity contribution in [1.29, 1.82) is 0 Å². The summed E-state index contributed by atoms with van der Waals surface area (Å²) in [4.78, 5) is 10.2. The fourth-order valence-corrected chi connectivity index (χ4v) is 1.61. The zero-order chi connectivity index (χ0) is 13.1. The summed E-state index contributed by atoms with van der Waals surface area (Å²) in [6.45, 7) is 3.58. The number of nitro groups is 1. The number of nitrogens with zero attached hydrogens (tertiary/aromatic N) is 1. The second-order valence-electron chi connectivity index (χ2n) is 3.99. The molecular weight excluding hydrogens is 290 g/mol. The van der Waals surface area contributed by atoms with Gasteiger partial charge in [-0.15, -0.1) is 0 Å². The molecular formula is C11H14BrNO4. The molecule has 0 amide bonds. The van der Waals surface area contributed by atoms with Crippen molar-refractivity contribution in [3.05, 3.63) is 32.8 Å². The van der Waals surface area contributed by atoms with Crippen LogP contribution in [0.15, 0.2) is 22.7 Å². The van der Waals surface area contributed by atoms with Crippen LogP contribution in [0.3, 0.4) is 0 Å². The van der Waals surface area contributed by atoms with E-state index in [9.17, 15) is 15.2 Å². The molecule has 0 saturated carbocycles. The molecule has 0 aromatic heterocycles. The van der Waals surface area contributed by atoms with Gasteiger partial charge in [0.2, 0.25) is 0 Å². The van der Waals surface area contributed by atoms with Gasteiger partial charge in [0.15, 0.2) is 0 Å². The third kappa shape index (κ3) is 3.67. The van der Waals surface area contributed by atoms with Crippen LogP contribution in [0.1, 0.15) is 20.3 Å². The highest BCUT2D eigenvalue weighted by Crippen LogP contribution is 2.34. The molecule has 0 aliphatic rings. The van der Waals surface area contributed by atoms with Crippen molar-refractivity contribution in [3.8, 4) is 5.75 Å². The third-order valence-corrected chi connectivity index (χ3v) is 3.24. The molecule has 1 N–H and O–H groups in total. The summed E-state index contributed by atoms with van der Waals surface area (Å²) in [7, 11) is 0. The molecule has 0 radical (unpaired) electrons. The molecule has 94 valence electrons. The van der Waals surface area contributed by atoms with Crippen molar-refractivity contribution < 1.29 is 14.8 Å². The van der Waals surface area contributed by atoms with Gasteiger partial charge in [-0.05, 0) is 35.3 Å². The van der Waals surface area contributed by atoms with Crippen LogP contribution >= 0.6 is 15.9 Å². The average Bonchev–Trinajstić information content (AvgIpc) is 2.27. The normalized spacial score (nSPS) is 14.1. The van der Waals surface area contributed by atoms with Crippen LogP contribution in [-0.4, -0.2) is 22.2 Å². The van der Waals surface area contributed by atoms with Crippen LogP contribution in [0, 0.1) is 10.1 Å². The fourth-order valence-electron chi connectivity index (χ4n) is 1.09. The highest BCUT2D eigenvalue weighted by Gasteiger charge is 2.21. The molecule has 0 aliphatic carbocycles. The number of nitro benzene ring substituents is 1. The van der Waals surface area contributed by atoms with Crippen LogP contribution < -0.4 is 4.74 Å². The van der Waals surface area contributed by atoms with E-state index in [1.807, 2.05) is 6.92 Å². The Hall–Kier alpha value is -1.14. The molecule has 0 bridgehead atoms. The molecule has 0 spiro atoms. The Morgan fingerprint density at radius 3 is 2.76 bits per heavy atom. The Morgan fingerprint density at radius 2 is 2.24 bits per heavy atom. The lowest BCUT2D eigenvalue weighted by atomic mass is 10.1. The molecule has 1 unspecified atom stereocenters. The fraction of sp³-hybridized carbons (Fsp3) is 0.455. The van der Waals surface area contributed by atoms with Crippen molar-refractivity contribution in [2.24, 2.45) is 0 Å². The average molecular weight is 304 g/mol. The van der Waals surface area contributed by atoms with E-state index in [4.69, 9.17) is 4.74 Å². The minimum atomic E-state index is -0.940. The summed E-state index contributed by atoms with van der Waals surface area (Å²) in [5.74, 6) is 0.355. The monoisotopic (exact) mass is 303 g/mol. The second kappa shape index (κ2) is 5.46. The zero-order valence-corrected chi connectivity index (χ0v) is 11.2. The highest BCUT2D eigenvalue weighted by molar-refractivity contribution is 9.10. The Kier molecular flexibility index (Phi) is 4.47. The molecule has 17 heavy (non-hydrogen) atoms. The first-order chi connectivity index (χ1) is 7.87. The van der Waals surface area contributed by atoms with Gasteiger partial charge < -0.3 is 9.84 Å². The zero-order valence-electron chi connectivity index (χ0n) is 9.64. The lowest BCUT2D eigenvalue weighted by Gasteiger charge is -2.21. The molecule has 6 heteroatoms. The lowest BCUT2D eigenvalue weighted by Crippen LogP contribution is -2.31. The van der Waals surface area contributed by atoms with Crippen molar-refractivity contribution >= 4 is 21.6 Å².